The van der Waals surface area contributed by atoms with Gasteiger partial charge in [-0.25, -0.2) is 13.8 Å². The van der Waals surface area contributed by atoms with E-state index >= 15 is 0 Å². The Morgan fingerprint density at radius 2 is 1.87 bits per heavy atom. The van der Waals surface area contributed by atoms with E-state index in [1.165, 1.54) is 12.4 Å². The van der Waals surface area contributed by atoms with Crippen LogP contribution < -0.4 is 5.32 Å². The SMILES string of the molecule is Fc1ccc(CNC(Cn2cncn2)c2ccccc2)cc1F. The molecule has 0 fully saturated rings. The van der Waals surface area contributed by atoms with Crippen LogP contribution in [0.4, 0.5) is 8.78 Å². The van der Waals surface area contributed by atoms with E-state index in [-0.39, 0.29) is 6.04 Å². The molecule has 1 atom stereocenters. The summed E-state index contributed by atoms with van der Waals surface area (Å²) in [6.07, 6.45) is 3.13. The van der Waals surface area contributed by atoms with Crippen LogP contribution >= 0.6 is 0 Å². The fourth-order valence-electron chi connectivity index (χ4n) is 2.38. The van der Waals surface area contributed by atoms with Crippen molar-refractivity contribution in [1.29, 1.82) is 0 Å². The molecule has 0 amide bonds. The van der Waals surface area contributed by atoms with Gasteiger partial charge in [-0.2, -0.15) is 5.10 Å². The maximum absolute atomic E-state index is 13.3. The summed E-state index contributed by atoms with van der Waals surface area (Å²) in [5, 5.41) is 7.48. The van der Waals surface area contributed by atoms with Gasteiger partial charge in [-0.3, -0.25) is 4.68 Å². The number of hydrogen-bond acceptors (Lipinski definition) is 3. The molecule has 1 N–H and O–H groups in total. The van der Waals surface area contributed by atoms with Crippen LogP contribution in [0, 0.1) is 11.6 Å². The molecule has 4 nitrogen and oxygen atoms in total. The monoisotopic (exact) mass is 314 g/mol. The molecular weight excluding hydrogens is 298 g/mol. The number of halogens is 2. The van der Waals surface area contributed by atoms with Crippen molar-refractivity contribution in [2.75, 3.05) is 0 Å². The minimum absolute atomic E-state index is 0.0222. The second-order valence-electron chi connectivity index (χ2n) is 5.21. The van der Waals surface area contributed by atoms with Crippen LogP contribution in [-0.4, -0.2) is 14.8 Å². The van der Waals surface area contributed by atoms with Crippen molar-refractivity contribution in [3.63, 3.8) is 0 Å². The van der Waals surface area contributed by atoms with Crippen molar-refractivity contribution >= 4 is 0 Å². The Morgan fingerprint density at radius 3 is 2.57 bits per heavy atom. The summed E-state index contributed by atoms with van der Waals surface area (Å²) in [7, 11) is 0. The molecule has 0 spiro atoms. The zero-order chi connectivity index (χ0) is 16.1. The van der Waals surface area contributed by atoms with Crippen LogP contribution in [0.2, 0.25) is 0 Å². The Morgan fingerprint density at radius 1 is 1.04 bits per heavy atom. The second-order valence-corrected chi connectivity index (χ2v) is 5.21. The molecule has 0 saturated heterocycles. The molecule has 6 heteroatoms. The zero-order valence-corrected chi connectivity index (χ0v) is 12.4. The van der Waals surface area contributed by atoms with Crippen LogP contribution in [0.15, 0.2) is 61.2 Å². The molecule has 118 valence electrons. The Hall–Kier alpha value is -2.60. The maximum atomic E-state index is 13.3. The lowest BCUT2D eigenvalue weighted by molar-refractivity contribution is 0.435. The fourth-order valence-corrected chi connectivity index (χ4v) is 2.38. The molecule has 1 aromatic heterocycles. The molecule has 3 rings (SSSR count). The van der Waals surface area contributed by atoms with Gasteiger partial charge in [0.1, 0.15) is 12.7 Å². The maximum Gasteiger partial charge on any atom is 0.159 e. The molecule has 1 unspecified atom stereocenters. The van der Waals surface area contributed by atoms with Gasteiger partial charge in [0.05, 0.1) is 12.6 Å². The van der Waals surface area contributed by atoms with Crippen LogP contribution in [-0.2, 0) is 13.1 Å². The lowest BCUT2D eigenvalue weighted by Crippen LogP contribution is -2.25. The van der Waals surface area contributed by atoms with Gasteiger partial charge in [-0.05, 0) is 23.3 Å². The van der Waals surface area contributed by atoms with Gasteiger partial charge in [0.2, 0.25) is 0 Å². The van der Waals surface area contributed by atoms with Gasteiger partial charge in [0.15, 0.2) is 11.6 Å². The van der Waals surface area contributed by atoms with E-state index in [4.69, 9.17) is 0 Å². The molecule has 0 bridgehead atoms. The normalized spacial score (nSPS) is 12.3. The molecule has 3 aromatic rings. The van der Waals surface area contributed by atoms with Crippen LogP contribution in [0.3, 0.4) is 0 Å². The highest BCUT2D eigenvalue weighted by Crippen LogP contribution is 2.16. The number of benzene rings is 2. The van der Waals surface area contributed by atoms with E-state index in [1.807, 2.05) is 30.3 Å². The van der Waals surface area contributed by atoms with E-state index in [0.717, 1.165) is 11.6 Å². The molecule has 23 heavy (non-hydrogen) atoms. The minimum atomic E-state index is -0.837. The predicted molar refractivity (Wildman–Crippen MR) is 82.4 cm³/mol. The molecular formula is C17H16F2N4. The largest absolute Gasteiger partial charge is 0.304 e. The molecule has 0 saturated carbocycles. The third-order valence-electron chi connectivity index (χ3n) is 3.57. The lowest BCUT2D eigenvalue weighted by atomic mass is 10.1. The van der Waals surface area contributed by atoms with Gasteiger partial charge in [-0.15, -0.1) is 0 Å². The van der Waals surface area contributed by atoms with Crippen molar-refractivity contribution in [1.82, 2.24) is 20.1 Å². The third-order valence-corrected chi connectivity index (χ3v) is 3.57. The second kappa shape index (κ2) is 7.11. The molecule has 0 radical (unpaired) electrons. The summed E-state index contributed by atoms with van der Waals surface area (Å²) in [5.74, 6) is -1.67. The van der Waals surface area contributed by atoms with Gasteiger partial charge in [0, 0.05) is 6.54 Å². The average molecular weight is 314 g/mol. The summed E-state index contributed by atoms with van der Waals surface area (Å²) in [6.45, 7) is 1.01. The Bertz CT molecular complexity index is 745. The Kier molecular flexibility index (Phi) is 4.73. The highest BCUT2D eigenvalue weighted by atomic mass is 19.2. The quantitative estimate of drug-likeness (QED) is 0.760. The third kappa shape index (κ3) is 3.98. The smallest absolute Gasteiger partial charge is 0.159 e. The van der Waals surface area contributed by atoms with Crippen LogP contribution in [0.1, 0.15) is 17.2 Å². The summed E-state index contributed by atoms with van der Waals surface area (Å²) in [4.78, 5) is 3.94. The standard InChI is InChI=1S/C17H16F2N4/c18-15-7-6-13(8-16(15)19)9-21-17(10-23-12-20-11-22-23)14-4-2-1-3-5-14/h1-8,11-12,17,21H,9-10H2. The van der Waals surface area contributed by atoms with Gasteiger partial charge in [0.25, 0.3) is 0 Å². The van der Waals surface area contributed by atoms with Crippen molar-refractivity contribution < 1.29 is 8.78 Å². The first-order chi connectivity index (χ1) is 11.2. The van der Waals surface area contributed by atoms with E-state index in [0.29, 0.717) is 18.7 Å². The fraction of sp³-hybridized carbons (Fsp3) is 0.176. The lowest BCUT2D eigenvalue weighted by Gasteiger charge is -2.19. The predicted octanol–water partition coefficient (Wildman–Crippen LogP) is 3.09. The highest BCUT2D eigenvalue weighted by molar-refractivity contribution is 5.21. The van der Waals surface area contributed by atoms with Crippen molar-refractivity contribution in [3.05, 3.63) is 83.9 Å². The molecule has 1 heterocycles. The van der Waals surface area contributed by atoms with E-state index in [1.54, 1.807) is 17.1 Å². The summed E-state index contributed by atoms with van der Waals surface area (Å²) in [5.41, 5.74) is 1.77. The van der Waals surface area contributed by atoms with E-state index < -0.39 is 11.6 Å². The van der Waals surface area contributed by atoms with Crippen molar-refractivity contribution in [2.24, 2.45) is 0 Å². The van der Waals surface area contributed by atoms with Crippen LogP contribution in [0.5, 0.6) is 0 Å². The Balaban J connectivity index is 1.74. The van der Waals surface area contributed by atoms with Crippen LogP contribution in [0.25, 0.3) is 0 Å². The summed E-state index contributed by atoms with van der Waals surface area (Å²) in [6, 6.07) is 13.8. The van der Waals surface area contributed by atoms with Gasteiger partial charge >= 0.3 is 0 Å². The Labute approximate surface area is 132 Å². The van der Waals surface area contributed by atoms with E-state index in [2.05, 4.69) is 15.4 Å². The first-order valence-electron chi connectivity index (χ1n) is 7.27. The van der Waals surface area contributed by atoms with Gasteiger partial charge in [-0.1, -0.05) is 36.4 Å². The molecule has 0 aliphatic carbocycles. The average Bonchev–Trinajstić information content (AvgIpc) is 3.08. The highest BCUT2D eigenvalue weighted by Gasteiger charge is 2.12. The zero-order valence-electron chi connectivity index (χ0n) is 12.4. The number of nitrogens with zero attached hydrogens (tertiary/aromatic N) is 3. The summed E-state index contributed by atoms with van der Waals surface area (Å²) < 4.78 is 28.0. The van der Waals surface area contributed by atoms with E-state index in [9.17, 15) is 8.78 Å². The minimum Gasteiger partial charge on any atom is -0.304 e. The first kappa shape index (κ1) is 15.3. The number of aromatic nitrogens is 3. The molecule has 0 aliphatic heterocycles. The summed E-state index contributed by atoms with van der Waals surface area (Å²) >= 11 is 0. The molecule has 2 aromatic carbocycles. The van der Waals surface area contributed by atoms with Crippen molar-refractivity contribution in [2.45, 2.75) is 19.1 Å². The first-order valence-corrected chi connectivity index (χ1v) is 7.27. The number of nitrogens with one attached hydrogen (secondary N) is 1. The topological polar surface area (TPSA) is 42.7 Å². The number of hydrogen-bond donors (Lipinski definition) is 1. The van der Waals surface area contributed by atoms with Gasteiger partial charge < -0.3 is 5.32 Å². The van der Waals surface area contributed by atoms with Crippen molar-refractivity contribution in [3.8, 4) is 0 Å². The number of rotatable bonds is 6. The molecule has 0 aliphatic rings.